The first-order chi connectivity index (χ1) is 15.3. The molecule has 0 bridgehead atoms. The number of nitrogens with zero attached hydrogens (tertiary/aromatic N) is 1. The number of halogens is 1. The molecule has 8 heteroatoms. The first-order valence-electron chi connectivity index (χ1n) is 9.71. The maximum absolute atomic E-state index is 13.1. The van der Waals surface area contributed by atoms with Gasteiger partial charge in [0.15, 0.2) is 0 Å². The molecule has 2 aromatic carbocycles. The average Bonchev–Trinajstić information content (AvgIpc) is 3.34. The van der Waals surface area contributed by atoms with Crippen LogP contribution in [-0.2, 0) is 9.59 Å². The van der Waals surface area contributed by atoms with Crippen LogP contribution in [0.15, 0.2) is 64.6 Å². The van der Waals surface area contributed by atoms with Crippen LogP contribution in [0, 0.1) is 6.92 Å². The average molecular weight is 454 g/mol. The molecule has 0 radical (unpaired) electrons. The number of Topliss-reactive ketones (excluding diaryl/α,β-unsaturated/α-hetero) is 1. The van der Waals surface area contributed by atoms with Crippen molar-refractivity contribution >= 4 is 34.7 Å². The lowest BCUT2D eigenvalue weighted by atomic mass is 9.99. The van der Waals surface area contributed by atoms with Gasteiger partial charge in [0.25, 0.3) is 11.7 Å². The largest absolute Gasteiger partial charge is 0.507 e. The van der Waals surface area contributed by atoms with Gasteiger partial charge in [-0.15, -0.1) is 0 Å². The van der Waals surface area contributed by atoms with Crippen molar-refractivity contribution in [1.82, 2.24) is 0 Å². The molecule has 0 aliphatic carbocycles. The summed E-state index contributed by atoms with van der Waals surface area (Å²) in [6.07, 6.45) is 0. The van der Waals surface area contributed by atoms with E-state index in [1.54, 1.807) is 55.5 Å². The van der Waals surface area contributed by atoms with Crippen molar-refractivity contribution in [2.75, 3.05) is 19.1 Å². The van der Waals surface area contributed by atoms with Crippen LogP contribution in [0.3, 0.4) is 0 Å². The van der Waals surface area contributed by atoms with Crippen molar-refractivity contribution in [3.8, 4) is 11.5 Å². The summed E-state index contributed by atoms with van der Waals surface area (Å²) < 4.78 is 16.2. The quantitative estimate of drug-likeness (QED) is 0.336. The van der Waals surface area contributed by atoms with E-state index in [0.29, 0.717) is 33.7 Å². The number of amides is 1. The molecule has 0 saturated carbocycles. The Morgan fingerprint density at radius 1 is 1.03 bits per heavy atom. The summed E-state index contributed by atoms with van der Waals surface area (Å²) in [5.74, 6) is -0.0840. The van der Waals surface area contributed by atoms with Gasteiger partial charge in [0.05, 0.1) is 24.8 Å². The molecule has 1 aliphatic heterocycles. The fraction of sp³-hybridized carbons (Fsp3) is 0.167. The maximum atomic E-state index is 13.1. The van der Waals surface area contributed by atoms with E-state index in [1.165, 1.54) is 25.2 Å². The Hall–Kier alpha value is -3.71. The highest BCUT2D eigenvalue weighted by atomic mass is 35.5. The highest BCUT2D eigenvalue weighted by Gasteiger charge is 2.48. The molecule has 1 N–H and O–H groups in total. The normalized spacial score (nSPS) is 17.6. The minimum absolute atomic E-state index is 0.0930. The summed E-state index contributed by atoms with van der Waals surface area (Å²) >= 11 is 6.09. The minimum Gasteiger partial charge on any atom is -0.507 e. The molecule has 4 rings (SSSR count). The third-order valence-electron chi connectivity index (χ3n) is 5.25. The number of hydrogen-bond acceptors (Lipinski definition) is 6. The Bertz CT molecular complexity index is 1230. The molecular formula is C24H20ClNO6. The Kier molecular flexibility index (Phi) is 5.67. The van der Waals surface area contributed by atoms with Gasteiger partial charge in [-0.2, -0.15) is 0 Å². The van der Waals surface area contributed by atoms with Gasteiger partial charge in [-0.3, -0.25) is 14.5 Å². The van der Waals surface area contributed by atoms with Crippen LogP contribution in [0.1, 0.15) is 23.1 Å². The Morgan fingerprint density at radius 3 is 2.34 bits per heavy atom. The van der Waals surface area contributed by atoms with Crippen LogP contribution in [0.2, 0.25) is 5.02 Å². The fourth-order valence-electron chi connectivity index (χ4n) is 3.67. The SMILES string of the molecule is COc1ccc(N2C(=O)C(=O)/C(=C(\O)c3ccc(Cl)c(OC)c3)C2c2ccc(C)o2)cc1. The monoisotopic (exact) mass is 453 g/mol. The minimum atomic E-state index is -0.959. The zero-order chi connectivity index (χ0) is 23.0. The number of rotatable bonds is 5. The van der Waals surface area contributed by atoms with Crippen LogP contribution >= 0.6 is 11.6 Å². The van der Waals surface area contributed by atoms with E-state index in [9.17, 15) is 14.7 Å². The van der Waals surface area contributed by atoms with Crippen molar-refractivity contribution in [2.45, 2.75) is 13.0 Å². The second-order valence-corrected chi connectivity index (χ2v) is 7.57. The lowest BCUT2D eigenvalue weighted by Gasteiger charge is -2.23. The predicted molar refractivity (Wildman–Crippen MR) is 119 cm³/mol. The van der Waals surface area contributed by atoms with Crippen molar-refractivity contribution in [2.24, 2.45) is 0 Å². The third kappa shape index (κ3) is 3.61. The van der Waals surface area contributed by atoms with Crippen LogP contribution in [0.25, 0.3) is 5.76 Å². The van der Waals surface area contributed by atoms with Crippen LogP contribution in [0.4, 0.5) is 5.69 Å². The first-order valence-corrected chi connectivity index (χ1v) is 10.1. The highest BCUT2D eigenvalue weighted by molar-refractivity contribution is 6.51. The van der Waals surface area contributed by atoms with Crippen LogP contribution in [-0.4, -0.2) is 31.0 Å². The number of furan rings is 1. The zero-order valence-corrected chi connectivity index (χ0v) is 18.3. The Labute approximate surface area is 189 Å². The highest BCUT2D eigenvalue weighted by Crippen LogP contribution is 2.43. The Morgan fingerprint density at radius 2 is 1.75 bits per heavy atom. The molecule has 32 heavy (non-hydrogen) atoms. The summed E-state index contributed by atoms with van der Waals surface area (Å²) in [5, 5.41) is 11.5. The standard InChI is InChI=1S/C24H20ClNO6/c1-13-4-11-18(32-13)21-20(22(27)14-5-10-17(25)19(12-14)31-3)23(28)24(29)26(21)15-6-8-16(30-2)9-7-15/h4-12,21,27H,1-3H3/b22-20-. The first kappa shape index (κ1) is 21.5. The molecule has 1 aromatic heterocycles. The molecule has 1 saturated heterocycles. The third-order valence-corrected chi connectivity index (χ3v) is 5.56. The van der Waals surface area contributed by atoms with Crippen LogP contribution in [0.5, 0.6) is 11.5 Å². The lowest BCUT2D eigenvalue weighted by molar-refractivity contribution is -0.132. The molecule has 164 valence electrons. The summed E-state index contributed by atoms with van der Waals surface area (Å²) in [7, 11) is 2.98. The van der Waals surface area contributed by atoms with Gasteiger partial charge in [0.1, 0.15) is 34.8 Å². The summed E-state index contributed by atoms with van der Waals surface area (Å²) in [4.78, 5) is 27.5. The molecule has 2 heterocycles. The van der Waals surface area contributed by atoms with E-state index in [4.69, 9.17) is 25.5 Å². The van der Waals surface area contributed by atoms with E-state index in [1.807, 2.05) is 0 Å². The number of anilines is 1. The van der Waals surface area contributed by atoms with E-state index in [-0.39, 0.29) is 16.9 Å². The topological polar surface area (TPSA) is 89.2 Å². The molecule has 1 aliphatic rings. The number of aliphatic hydroxyl groups excluding tert-OH is 1. The van der Waals surface area contributed by atoms with Crippen molar-refractivity contribution in [1.29, 1.82) is 0 Å². The summed E-state index contributed by atoms with van der Waals surface area (Å²) in [5.41, 5.74) is 0.650. The second-order valence-electron chi connectivity index (χ2n) is 7.16. The van der Waals surface area contributed by atoms with Crippen LogP contribution < -0.4 is 14.4 Å². The number of ketones is 1. The van der Waals surface area contributed by atoms with Gasteiger partial charge >= 0.3 is 0 Å². The number of carbonyl (C=O) groups excluding carboxylic acids is 2. The van der Waals surface area contributed by atoms with Crippen molar-refractivity contribution in [3.05, 3.63) is 82.3 Å². The van der Waals surface area contributed by atoms with Crippen molar-refractivity contribution in [3.63, 3.8) is 0 Å². The molecule has 1 atom stereocenters. The smallest absolute Gasteiger partial charge is 0.300 e. The maximum Gasteiger partial charge on any atom is 0.300 e. The van der Waals surface area contributed by atoms with Gasteiger partial charge in [0.2, 0.25) is 0 Å². The molecular weight excluding hydrogens is 434 g/mol. The number of ether oxygens (including phenoxy) is 2. The van der Waals surface area contributed by atoms with E-state index in [0.717, 1.165) is 0 Å². The number of aliphatic hydroxyl groups is 1. The van der Waals surface area contributed by atoms with Gasteiger partial charge in [-0.05, 0) is 61.5 Å². The molecule has 0 spiro atoms. The summed E-state index contributed by atoms with van der Waals surface area (Å²) in [6, 6.07) is 13.7. The lowest BCUT2D eigenvalue weighted by Crippen LogP contribution is -2.29. The summed E-state index contributed by atoms with van der Waals surface area (Å²) in [6.45, 7) is 1.76. The van der Waals surface area contributed by atoms with Crippen molar-refractivity contribution < 1.29 is 28.6 Å². The molecule has 3 aromatic rings. The number of methoxy groups -OCH3 is 2. The van der Waals surface area contributed by atoms with Gasteiger partial charge < -0.3 is 19.0 Å². The molecule has 1 amide bonds. The van der Waals surface area contributed by atoms with Gasteiger partial charge in [0, 0.05) is 11.3 Å². The predicted octanol–water partition coefficient (Wildman–Crippen LogP) is 4.88. The molecule has 1 unspecified atom stereocenters. The van der Waals surface area contributed by atoms with E-state index >= 15 is 0 Å². The number of benzene rings is 2. The number of aryl methyl sites for hydroxylation is 1. The van der Waals surface area contributed by atoms with Gasteiger partial charge in [-0.1, -0.05) is 11.6 Å². The van der Waals surface area contributed by atoms with E-state index in [2.05, 4.69) is 0 Å². The van der Waals surface area contributed by atoms with E-state index < -0.39 is 17.7 Å². The number of hydrogen-bond donors (Lipinski definition) is 1. The van der Waals surface area contributed by atoms with Gasteiger partial charge in [-0.25, -0.2) is 0 Å². The Balaban J connectivity index is 1.91. The zero-order valence-electron chi connectivity index (χ0n) is 17.6. The fourth-order valence-corrected chi connectivity index (χ4v) is 3.87. The number of carbonyl (C=O) groups is 2. The second kappa shape index (κ2) is 8.43. The molecule has 7 nitrogen and oxygen atoms in total. The molecule has 1 fully saturated rings.